The van der Waals surface area contributed by atoms with Gasteiger partial charge < -0.3 is 0 Å². The molecule has 0 unspecified atom stereocenters. The summed E-state index contributed by atoms with van der Waals surface area (Å²) in [6.45, 7) is 2.13. The lowest BCUT2D eigenvalue weighted by molar-refractivity contribution is 0.397. The van der Waals surface area contributed by atoms with Crippen molar-refractivity contribution in [3.05, 3.63) is 4.91 Å². The summed E-state index contributed by atoms with van der Waals surface area (Å²) in [5.74, 6) is 0.861. The van der Waals surface area contributed by atoms with Crippen molar-refractivity contribution in [2.24, 2.45) is 5.34 Å². The van der Waals surface area contributed by atoms with E-state index in [-0.39, 0.29) is 0 Å². The minimum absolute atomic E-state index is 0.861. The molecule has 54 valence electrons. The van der Waals surface area contributed by atoms with Crippen LogP contribution in [0.25, 0.3) is 0 Å². The third-order valence-corrected chi connectivity index (χ3v) is 1.54. The van der Waals surface area contributed by atoms with E-state index in [1.54, 1.807) is 0 Å². The summed E-state index contributed by atoms with van der Waals surface area (Å²) in [6, 6.07) is 0. The van der Waals surface area contributed by atoms with Crippen molar-refractivity contribution in [3.63, 3.8) is 0 Å². The predicted molar refractivity (Wildman–Crippen MR) is 38.9 cm³/mol. The minimum Gasteiger partial charge on any atom is -0.288 e. The lowest BCUT2D eigenvalue weighted by Crippen LogP contribution is -1.78. The summed E-state index contributed by atoms with van der Waals surface area (Å²) in [5, 5.41) is 2.25. The SMILES string of the molecule is CCCCCSON=O. The standard InChI is InChI=1S/C5H11NO2S/c1-2-3-4-5-9-8-6-7/h2-5H2,1H3. The van der Waals surface area contributed by atoms with E-state index in [2.05, 4.69) is 16.5 Å². The van der Waals surface area contributed by atoms with Crippen LogP contribution in [0.4, 0.5) is 0 Å². The van der Waals surface area contributed by atoms with Crippen LogP contribution in [0.15, 0.2) is 5.34 Å². The fourth-order valence-electron chi connectivity index (χ4n) is 0.470. The maximum absolute atomic E-state index is 9.34. The van der Waals surface area contributed by atoms with Gasteiger partial charge in [0.1, 0.15) is 0 Å². The summed E-state index contributed by atoms with van der Waals surface area (Å²) in [5.41, 5.74) is 0. The first-order chi connectivity index (χ1) is 4.41. The number of hydrogen-bond donors (Lipinski definition) is 0. The van der Waals surface area contributed by atoms with E-state index in [0.29, 0.717) is 0 Å². The minimum atomic E-state index is 0.861. The Kier molecular flexibility index (Phi) is 7.53. The molecule has 0 aliphatic carbocycles. The van der Waals surface area contributed by atoms with Crippen LogP contribution in [0.3, 0.4) is 0 Å². The van der Waals surface area contributed by atoms with Gasteiger partial charge in [0.2, 0.25) is 0 Å². The van der Waals surface area contributed by atoms with Gasteiger partial charge in [0, 0.05) is 5.75 Å². The van der Waals surface area contributed by atoms with Crippen molar-refractivity contribution < 1.29 is 4.28 Å². The van der Waals surface area contributed by atoms with Crippen molar-refractivity contribution in [2.75, 3.05) is 5.75 Å². The molecule has 0 aromatic rings. The maximum Gasteiger partial charge on any atom is 0.168 e. The van der Waals surface area contributed by atoms with Gasteiger partial charge in [-0.3, -0.25) is 4.28 Å². The Labute approximate surface area is 59.3 Å². The van der Waals surface area contributed by atoms with Crippen LogP contribution < -0.4 is 0 Å². The first-order valence-corrected chi connectivity index (χ1v) is 3.94. The molecule has 0 N–H and O–H groups in total. The molecule has 4 heteroatoms. The van der Waals surface area contributed by atoms with Crippen molar-refractivity contribution in [1.82, 2.24) is 0 Å². The van der Waals surface area contributed by atoms with Gasteiger partial charge in [-0.2, -0.15) is 0 Å². The van der Waals surface area contributed by atoms with Gasteiger partial charge in [0.15, 0.2) is 5.34 Å². The highest BCUT2D eigenvalue weighted by molar-refractivity contribution is 7.94. The van der Waals surface area contributed by atoms with Crippen molar-refractivity contribution in [1.29, 1.82) is 0 Å². The van der Waals surface area contributed by atoms with E-state index in [1.165, 1.54) is 12.8 Å². The molecule has 0 aromatic carbocycles. The number of nitrogens with zero attached hydrogens (tertiary/aromatic N) is 1. The van der Waals surface area contributed by atoms with Gasteiger partial charge >= 0.3 is 0 Å². The van der Waals surface area contributed by atoms with Crippen LogP contribution in [-0.4, -0.2) is 5.75 Å². The fourth-order valence-corrected chi connectivity index (χ4v) is 0.909. The molecule has 0 aliphatic rings. The van der Waals surface area contributed by atoms with Gasteiger partial charge in [-0.1, -0.05) is 19.8 Å². The van der Waals surface area contributed by atoms with E-state index in [9.17, 15) is 4.91 Å². The lowest BCUT2D eigenvalue weighted by atomic mass is 10.3. The van der Waals surface area contributed by atoms with E-state index in [4.69, 9.17) is 0 Å². The monoisotopic (exact) mass is 149 g/mol. The molecule has 0 heterocycles. The van der Waals surface area contributed by atoms with E-state index >= 15 is 0 Å². The third-order valence-electron chi connectivity index (χ3n) is 0.914. The number of rotatable bonds is 6. The van der Waals surface area contributed by atoms with Crippen molar-refractivity contribution >= 4 is 12.0 Å². The molecule has 0 saturated heterocycles. The highest BCUT2D eigenvalue weighted by Crippen LogP contribution is 2.06. The van der Waals surface area contributed by atoms with Crippen LogP contribution >= 0.6 is 12.0 Å². The smallest absolute Gasteiger partial charge is 0.168 e. The quantitative estimate of drug-likeness (QED) is 0.252. The van der Waals surface area contributed by atoms with Gasteiger partial charge in [0.25, 0.3) is 0 Å². The van der Waals surface area contributed by atoms with Crippen molar-refractivity contribution in [2.45, 2.75) is 26.2 Å². The number of unbranched alkanes of at least 4 members (excludes halogenated alkanes) is 2. The van der Waals surface area contributed by atoms with Gasteiger partial charge in [-0.25, -0.2) is 0 Å². The normalized spacial score (nSPS) is 9.00. The number of hydrogen-bond acceptors (Lipinski definition) is 4. The summed E-state index contributed by atoms with van der Waals surface area (Å²) in [6.07, 6.45) is 3.47. The zero-order valence-corrected chi connectivity index (χ0v) is 6.32. The molecule has 0 fully saturated rings. The van der Waals surface area contributed by atoms with Gasteiger partial charge in [-0.15, -0.1) is 4.91 Å². The van der Waals surface area contributed by atoms with Crippen LogP contribution in [-0.2, 0) is 4.28 Å². The zero-order chi connectivity index (χ0) is 6.95. The average Bonchev–Trinajstić information content (AvgIpc) is 1.89. The molecule has 0 atom stereocenters. The topological polar surface area (TPSA) is 38.7 Å². The van der Waals surface area contributed by atoms with E-state index in [1.807, 2.05) is 0 Å². The molecule has 0 amide bonds. The Balaban J connectivity index is 2.66. The second-order valence-corrected chi connectivity index (χ2v) is 2.47. The van der Waals surface area contributed by atoms with Crippen LogP contribution in [0, 0.1) is 4.91 Å². The molecule has 0 bridgehead atoms. The second-order valence-electron chi connectivity index (χ2n) is 1.68. The molecular weight excluding hydrogens is 138 g/mol. The Morgan fingerprint density at radius 2 is 2.33 bits per heavy atom. The summed E-state index contributed by atoms with van der Waals surface area (Å²) in [7, 11) is 0. The second kappa shape index (κ2) is 7.75. The Morgan fingerprint density at radius 3 is 2.89 bits per heavy atom. The van der Waals surface area contributed by atoms with Gasteiger partial charge in [-0.05, 0) is 6.42 Å². The third kappa shape index (κ3) is 7.75. The molecule has 0 spiro atoms. The highest BCUT2D eigenvalue weighted by atomic mass is 32.2. The Hall–Kier alpha value is -0.250. The molecule has 0 aromatic heterocycles. The van der Waals surface area contributed by atoms with Crippen LogP contribution in [0.5, 0.6) is 0 Å². The first kappa shape index (κ1) is 8.75. The van der Waals surface area contributed by atoms with Crippen LogP contribution in [0.1, 0.15) is 26.2 Å². The lowest BCUT2D eigenvalue weighted by Gasteiger charge is -1.92. The molecule has 0 saturated carbocycles. The predicted octanol–water partition coefficient (Wildman–Crippen LogP) is 2.52. The molecule has 0 aliphatic heterocycles. The van der Waals surface area contributed by atoms with Gasteiger partial charge in [0.05, 0.1) is 12.0 Å². The summed E-state index contributed by atoms with van der Waals surface area (Å²) in [4.78, 5) is 9.34. The maximum atomic E-state index is 9.34. The van der Waals surface area contributed by atoms with Crippen LogP contribution in [0.2, 0.25) is 0 Å². The summed E-state index contributed by atoms with van der Waals surface area (Å²) < 4.78 is 4.17. The van der Waals surface area contributed by atoms with Crippen molar-refractivity contribution in [3.8, 4) is 0 Å². The zero-order valence-electron chi connectivity index (χ0n) is 5.50. The highest BCUT2D eigenvalue weighted by Gasteiger charge is 1.87. The fraction of sp³-hybridized carbons (Fsp3) is 1.00. The Bertz CT molecular complexity index is 70.0. The first-order valence-electron chi connectivity index (χ1n) is 3.03. The van der Waals surface area contributed by atoms with E-state index < -0.39 is 0 Å². The largest absolute Gasteiger partial charge is 0.288 e. The Morgan fingerprint density at radius 1 is 1.56 bits per heavy atom. The molecule has 0 radical (unpaired) electrons. The van der Waals surface area contributed by atoms with E-state index in [0.717, 1.165) is 24.2 Å². The average molecular weight is 149 g/mol. The summed E-state index contributed by atoms with van der Waals surface area (Å²) >= 11 is 1.11. The molecular formula is C5H11NO2S. The molecule has 3 nitrogen and oxygen atoms in total. The molecule has 9 heavy (non-hydrogen) atoms. The molecule has 0 rings (SSSR count).